The fourth-order valence-corrected chi connectivity index (χ4v) is 1.09. The maximum absolute atomic E-state index is 12.8. The first kappa shape index (κ1) is 14.8. The van der Waals surface area contributed by atoms with E-state index in [0.29, 0.717) is 0 Å². The van der Waals surface area contributed by atoms with Crippen LogP contribution in [0, 0.1) is 0 Å². The van der Waals surface area contributed by atoms with Crippen molar-refractivity contribution in [3.05, 3.63) is 5.28 Å². The van der Waals surface area contributed by atoms with Crippen LogP contribution in [0.2, 0.25) is 5.28 Å². The lowest BCUT2D eigenvalue weighted by atomic mass is 10.3. The van der Waals surface area contributed by atoms with Gasteiger partial charge in [-0.05, 0) is 25.4 Å². The third-order valence-corrected chi connectivity index (χ3v) is 1.83. The van der Waals surface area contributed by atoms with Crippen LogP contribution in [0.5, 0.6) is 6.01 Å². The van der Waals surface area contributed by atoms with Crippen LogP contribution in [0.15, 0.2) is 0 Å². The van der Waals surface area contributed by atoms with Crippen molar-refractivity contribution in [2.24, 2.45) is 0 Å². The first-order valence-corrected chi connectivity index (χ1v) is 5.51. The summed E-state index contributed by atoms with van der Waals surface area (Å²) in [6, 6.07) is -0.0557. The molecule has 2 N–H and O–H groups in total. The predicted molar refractivity (Wildman–Crippen MR) is 61.1 cm³/mol. The van der Waals surface area contributed by atoms with E-state index in [1.807, 2.05) is 0 Å². The molecule has 1 aromatic heterocycles. The van der Waals surface area contributed by atoms with Crippen LogP contribution in [-0.2, 0) is 0 Å². The fraction of sp³-hybridized carbons (Fsp3) is 0.667. The number of nitrogens with one attached hydrogen (secondary N) is 1. The lowest BCUT2D eigenvalue weighted by Gasteiger charge is -2.14. The number of anilines is 1. The standard InChI is InChI=1S/C9H13ClF2N4O2/c1-5(2)18-8-15-6(10)14-7(16-8)13-3-9(11,12)4-17/h5,17H,3-4H2,1-2H3,(H,13,14,15,16). The molecule has 0 saturated heterocycles. The number of hydrogen-bond donors (Lipinski definition) is 2. The van der Waals surface area contributed by atoms with E-state index >= 15 is 0 Å². The number of halogens is 3. The van der Waals surface area contributed by atoms with Gasteiger partial charge in [0, 0.05) is 0 Å². The third-order valence-electron chi connectivity index (χ3n) is 1.67. The number of aliphatic hydroxyl groups excluding tert-OH is 1. The molecule has 1 heterocycles. The highest BCUT2D eigenvalue weighted by atomic mass is 35.5. The van der Waals surface area contributed by atoms with Gasteiger partial charge in [0.05, 0.1) is 12.6 Å². The number of alkyl halides is 2. The molecule has 0 aliphatic rings. The van der Waals surface area contributed by atoms with Crippen LogP contribution in [0.1, 0.15) is 13.8 Å². The molecule has 0 aliphatic carbocycles. The van der Waals surface area contributed by atoms with Crippen molar-refractivity contribution >= 4 is 17.5 Å². The number of aromatic nitrogens is 3. The molecule has 0 spiro atoms. The van der Waals surface area contributed by atoms with E-state index < -0.39 is 19.1 Å². The van der Waals surface area contributed by atoms with Gasteiger partial charge >= 0.3 is 6.01 Å². The van der Waals surface area contributed by atoms with Gasteiger partial charge in [-0.3, -0.25) is 0 Å². The van der Waals surface area contributed by atoms with Crippen molar-refractivity contribution in [3.63, 3.8) is 0 Å². The van der Waals surface area contributed by atoms with Crippen LogP contribution in [0.25, 0.3) is 0 Å². The highest BCUT2D eigenvalue weighted by Crippen LogP contribution is 2.15. The van der Waals surface area contributed by atoms with Gasteiger partial charge in [0.25, 0.3) is 5.92 Å². The summed E-state index contributed by atoms with van der Waals surface area (Å²) in [6.07, 6.45) is -0.185. The van der Waals surface area contributed by atoms with E-state index in [9.17, 15) is 8.78 Å². The minimum Gasteiger partial charge on any atom is -0.461 e. The molecule has 9 heteroatoms. The van der Waals surface area contributed by atoms with Crippen LogP contribution >= 0.6 is 11.6 Å². The number of nitrogens with zero attached hydrogens (tertiary/aromatic N) is 3. The molecule has 18 heavy (non-hydrogen) atoms. The summed E-state index contributed by atoms with van der Waals surface area (Å²) in [5, 5.41) is 10.5. The lowest BCUT2D eigenvalue weighted by molar-refractivity contribution is -0.0374. The summed E-state index contributed by atoms with van der Waals surface area (Å²) in [5.74, 6) is -3.41. The molecule has 0 amide bonds. The lowest BCUT2D eigenvalue weighted by Crippen LogP contribution is -2.31. The average molecular weight is 283 g/mol. The number of rotatable bonds is 6. The molecule has 6 nitrogen and oxygen atoms in total. The molecule has 1 aromatic rings. The van der Waals surface area contributed by atoms with Crippen LogP contribution in [0.3, 0.4) is 0 Å². The van der Waals surface area contributed by atoms with Crippen molar-refractivity contribution in [2.75, 3.05) is 18.5 Å². The molecule has 0 unspecified atom stereocenters. The van der Waals surface area contributed by atoms with Gasteiger partial charge in [-0.15, -0.1) is 0 Å². The predicted octanol–water partition coefficient (Wildman–Crippen LogP) is 1.35. The van der Waals surface area contributed by atoms with E-state index in [0.717, 1.165) is 0 Å². The Morgan fingerprint density at radius 2 is 2.06 bits per heavy atom. The second-order valence-corrected chi connectivity index (χ2v) is 4.08. The van der Waals surface area contributed by atoms with Gasteiger partial charge in [-0.1, -0.05) is 0 Å². The first-order valence-electron chi connectivity index (χ1n) is 5.13. The molecule has 0 radical (unpaired) electrons. The summed E-state index contributed by atoms with van der Waals surface area (Å²) in [4.78, 5) is 11.1. The minimum absolute atomic E-state index is 0.0557. The maximum Gasteiger partial charge on any atom is 0.322 e. The summed E-state index contributed by atoms with van der Waals surface area (Å²) in [7, 11) is 0. The minimum atomic E-state index is -3.27. The van der Waals surface area contributed by atoms with E-state index in [-0.39, 0.29) is 23.3 Å². The first-order chi connectivity index (χ1) is 8.32. The zero-order valence-electron chi connectivity index (χ0n) is 9.82. The topological polar surface area (TPSA) is 80.2 Å². The molecule has 0 aromatic carbocycles. The largest absolute Gasteiger partial charge is 0.461 e. The molecular formula is C9H13ClF2N4O2. The molecule has 1 rings (SSSR count). The van der Waals surface area contributed by atoms with Gasteiger partial charge in [-0.25, -0.2) is 8.78 Å². The summed E-state index contributed by atoms with van der Waals surface area (Å²) in [6.45, 7) is 1.43. The van der Waals surface area contributed by atoms with Crippen molar-refractivity contribution in [1.82, 2.24) is 15.0 Å². The van der Waals surface area contributed by atoms with Gasteiger partial charge < -0.3 is 15.2 Å². The highest BCUT2D eigenvalue weighted by molar-refractivity contribution is 6.28. The monoisotopic (exact) mass is 282 g/mol. The third kappa shape index (κ3) is 4.92. The summed E-state index contributed by atoms with van der Waals surface area (Å²) in [5.41, 5.74) is 0. The Morgan fingerprint density at radius 1 is 1.39 bits per heavy atom. The van der Waals surface area contributed by atoms with E-state index in [1.165, 1.54) is 0 Å². The van der Waals surface area contributed by atoms with Gasteiger partial charge in [-0.2, -0.15) is 15.0 Å². The van der Waals surface area contributed by atoms with Gasteiger partial charge in [0.1, 0.15) is 6.61 Å². The number of hydrogen-bond acceptors (Lipinski definition) is 6. The molecular weight excluding hydrogens is 270 g/mol. The Labute approximate surface area is 107 Å². The van der Waals surface area contributed by atoms with Crippen molar-refractivity contribution in [3.8, 4) is 6.01 Å². The summed E-state index contributed by atoms with van der Waals surface area (Å²) >= 11 is 5.60. The number of ether oxygens (including phenoxy) is 1. The molecule has 0 atom stereocenters. The molecule has 0 saturated carbocycles. The Hall–Kier alpha value is -1.28. The quantitative estimate of drug-likeness (QED) is 0.820. The van der Waals surface area contributed by atoms with Gasteiger partial charge in [0.2, 0.25) is 11.2 Å². The Kier molecular flexibility index (Phi) is 4.97. The second-order valence-electron chi connectivity index (χ2n) is 3.74. The Bertz CT molecular complexity index is 406. The van der Waals surface area contributed by atoms with Gasteiger partial charge in [0.15, 0.2) is 0 Å². The van der Waals surface area contributed by atoms with E-state index in [2.05, 4.69) is 20.3 Å². The van der Waals surface area contributed by atoms with Crippen LogP contribution in [-0.4, -0.2) is 45.2 Å². The zero-order chi connectivity index (χ0) is 13.8. The maximum atomic E-state index is 12.8. The smallest absolute Gasteiger partial charge is 0.322 e. The number of aliphatic hydroxyl groups is 1. The highest BCUT2D eigenvalue weighted by Gasteiger charge is 2.27. The molecule has 0 aliphatic heterocycles. The Balaban J connectivity index is 2.74. The normalized spacial score (nSPS) is 11.7. The molecule has 0 bridgehead atoms. The van der Waals surface area contributed by atoms with Crippen molar-refractivity contribution in [2.45, 2.75) is 25.9 Å². The van der Waals surface area contributed by atoms with Crippen molar-refractivity contribution < 1.29 is 18.6 Å². The van der Waals surface area contributed by atoms with Crippen LogP contribution in [0.4, 0.5) is 14.7 Å². The SMILES string of the molecule is CC(C)Oc1nc(Cl)nc(NCC(F)(F)CO)n1. The van der Waals surface area contributed by atoms with E-state index in [4.69, 9.17) is 21.4 Å². The van der Waals surface area contributed by atoms with Crippen molar-refractivity contribution in [1.29, 1.82) is 0 Å². The fourth-order valence-electron chi connectivity index (χ4n) is 0.939. The van der Waals surface area contributed by atoms with Crippen LogP contribution < -0.4 is 10.1 Å². The second kappa shape index (κ2) is 6.05. The average Bonchev–Trinajstić information content (AvgIpc) is 2.25. The Morgan fingerprint density at radius 3 is 2.61 bits per heavy atom. The summed E-state index contributed by atoms with van der Waals surface area (Å²) < 4.78 is 30.8. The zero-order valence-corrected chi connectivity index (χ0v) is 10.6. The molecule has 102 valence electrons. The molecule has 0 fully saturated rings. The van der Waals surface area contributed by atoms with E-state index in [1.54, 1.807) is 13.8 Å².